The zero-order valence-corrected chi connectivity index (χ0v) is 13.3. The summed E-state index contributed by atoms with van der Waals surface area (Å²) in [6.07, 6.45) is 1.28. The molecule has 0 atom stereocenters. The van der Waals surface area contributed by atoms with Crippen LogP contribution < -0.4 is 10.9 Å². The Labute approximate surface area is 132 Å². The van der Waals surface area contributed by atoms with Crippen LogP contribution in [0.2, 0.25) is 0 Å². The van der Waals surface area contributed by atoms with Crippen LogP contribution in [0.1, 0.15) is 21.1 Å². The number of hydrogen-bond donors (Lipinski definition) is 1. The van der Waals surface area contributed by atoms with Crippen molar-refractivity contribution in [3.63, 3.8) is 0 Å². The van der Waals surface area contributed by atoms with Crippen molar-refractivity contribution in [1.82, 2.24) is 19.6 Å². The molecular formula is C12H11N5O3S2. The molecule has 0 radical (unpaired) electrons. The predicted molar refractivity (Wildman–Crippen MR) is 82.7 cm³/mol. The van der Waals surface area contributed by atoms with E-state index in [9.17, 15) is 9.59 Å². The first-order valence-corrected chi connectivity index (χ1v) is 7.88. The summed E-state index contributed by atoms with van der Waals surface area (Å²) in [7, 11) is 1.55. The number of carbonyl (C=O) groups excluding carboxylic acids is 1. The molecule has 1 amide bonds. The Morgan fingerprint density at radius 1 is 1.45 bits per heavy atom. The van der Waals surface area contributed by atoms with Crippen LogP contribution in [0, 0.1) is 6.92 Å². The van der Waals surface area contributed by atoms with Crippen LogP contribution in [0.15, 0.2) is 16.4 Å². The highest BCUT2D eigenvalue weighted by atomic mass is 32.1. The summed E-state index contributed by atoms with van der Waals surface area (Å²) in [6.45, 7) is 2.11. The molecule has 0 aliphatic carbocycles. The van der Waals surface area contributed by atoms with Gasteiger partial charge in [-0.15, -0.1) is 21.5 Å². The van der Waals surface area contributed by atoms with Gasteiger partial charge in [0.05, 0.1) is 0 Å². The van der Waals surface area contributed by atoms with Gasteiger partial charge in [-0.05, 0) is 6.92 Å². The van der Waals surface area contributed by atoms with E-state index in [1.54, 1.807) is 14.0 Å². The lowest BCUT2D eigenvalue weighted by atomic mass is 10.3. The topological polar surface area (TPSA) is 98.5 Å². The number of methoxy groups -OCH3 is 1. The molecule has 0 aliphatic heterocycles. The average Bonchev–Trinajstić information content (AvgIpc) is 3.07. The quantitative estimate of drug-likeness (QED) is 0.771. The van der Waals surface area contributed by atoms with E-state index in [0.29, 0.717) is 21.7 Å². The minimum atomic E-state index is -0.558. The first-order valence-electron chi connectivity index (χ1n) is 6.18. The zero-order chi connectivity index (χ0) is 15.7. The lowest BCUT2D eigenvalue weighted by molar-refractivity contribution is 0.102. The van der Waals surface area contributed by atoms with Gasteiger partial charge in [-0.3, -0.25) is 19.3 Å². The summed E-state index contributed by atoms with van der Waals surface area (Å²) in [5, 5.41) is 13.0. The molecule has 0 unspecified atom stereocenters. The molecule has 8 nitrogen and oxygen atoms in total. The van der Waals surface area contributed by atoms with Crippen molar-refractivity contribution in [2.75, 3.05) is 12.4 Å². The molecule has 22 heavy (non-hydrogen) atoms. The predicted octanol–water partition coefficient (Wildman–Crippen LogP) is 1.31. The fourth-order valence-electron chi connectivity index (χ4n) is 1.83. The number of nitrogens with zero attached hydrogens (tertiary/aromatic N) is 4. The van der Waals surface area contributed by atoms with Crippen LogP contribution in [-0.4, -0.2) is 32.6 Å². The third-order valence-electron chi connectivity index (χ3n) is 2.82. The number of aromatic nitrogens is 4. The van der Waals surface area contributed by atoms with Gasteiger partial charge in [-0.25, -0.2) is 4.98 Å². The van der Waals surface area contributed by atoms with E-state index in [1.807, 2.05) is 5.38 Å². The third kappa shape index (κ3) is 2.63. The third-order valence-corrected chi connectivity index (χ3v) is 4.59. The van der Waals surface area contributed by atoms with Gasteiger partial charge in [0.1, 0.15) is 17.2 Å². The molecule has 0 aliphatic rings. The van der Waals surface area contributed by atoms with E-state index >= 15 is 0 Å². The summed E-state index contributed by atoms with van der Waals surface area (Å²) < 4.78 is 6.35. The molecule has 0 saturated heterocycles. The van der Waals surface area contributed by atoms with Gasteiger partial charge in [-0.1, -0.05) is 11.3 Å². The van der Waals surface area contributed by atoms with E-state index in [4.69, 9.17) is 4.74 Å². The van der Waals surface area contributed by atoms with Crippen molar-refractivity contribution in [1.29, 1.82) is 0 Å². The van der Waals surface area contributed by atoms with Crippen molar-refractivity contribution >= 4 is 38.7 Å². The highest BCUT2D eigenvalue weighted by molar-refractivity contribution is 7.15. The molecule has 1 N–H and O–H groups in total. The first-order chi connectivity index (χ1) is 10.6. The number of thiazole rings is 1. The van der Waals surface area contributed by atoms with E-state index in [0.717, 1.165) is 5.69 Å². The van der Waals surface area contributed by atoms with Crippen LogP contribution in [0.4, 0.5) is 5.13 Å². The maximum atomic E-state index is 12.4. The maximum Gasteiger partial charge on any atom is 0.271 e. The Morgan fingerprint density at radius 2 is 2.27 bits per heavy atom. The van der Waals surface area contributed by atoms with E-state index < -0.39 is 11.5 Å². The Balaban J connectivity index is 1.90. The summed E-state index contributed by atoms with van der Waals surface area (Å²) in [5.41, 5.74) is 0.302. The number of anilines is 1. The van der Waals surface area contributed by atoms with Gasteiger partial charge in [0.2, 0.25) is 5.13 Å². The molecule has 3 rings (SSSR count). The number of aryl methyl sites for hydroxylation is 1. The minimum Gasteiger partial charge on any atom is -0.377 e. The minimum absolute atomic E-state index is 0.0394. The number of nitrogens with one attached hydrogen (secondary N) is 1. The smallest absolute Gasteiger partial charge is 0.271 e. The van der Waals surface area contributed by atoms with E-state index in [-0.39, 0.29) is 5.56 Å². The number of rotatable bonds is 4. The molecule has 0 bridgehead atoms. The second kappa shape index (κ2) is 5.91. The summed E-state index contributed by atoms with van der Waals surface area (Å²) >= 11 is 2.54. The van der Waals surface area contributed by atoms with Crippen molar-refractivity contribution in [3.05, 3.63) is 38.2 Å². The van der Waals surface area contributed by atoms with Gasteiger partial charge < -0.3 is 4.74 Å². The van der Waals surface area contributed by atoms with Crippen LogP contribution in [0.5, 0.6) is 0 Å². The second-order valence-electron chi connectivity index (χ2n) is 4.36. The Bertz CT molecular complexity index is 898. The molecule has 0 spiro atoms. The Kier molecular flexibility index (Phi) is 3.96. The molecule has 10 heteroatoms. The summed E-state index contributed by atoms with van der Waals surface area (Å²) in [6, 6.07) is 0. The number of carbonyl (C=O) groups is 1. The fourth-order valence-corrected chi connectivity index (χ4v) is 3.37. The average molecular weight is 337 g/mol. The monoisotopic (exact) mass is 337 g/mol. The highest BCUT2D eigenvalue weighted by Gasteiger charge is 2.17. The normalized spacial score (nSPS) is 11.0. The number of hydrogen-bond acceptors (Lipinski definition) is 8. The van der Waals surface area contributed by atoms with Gasteiger partial charge in [-0.2, -0.15) is 0 Å². The van der Waals surface area contributed by atoms with Gasteiger partial charge >= 0.3 is 0 Å². The zero-order valence-electron chi connectivity index (χ0n) is 11.7. The number of ether oxygens (including phenoxy) is 1. The van der Waals surface area contributed by atoms with Crippen LogP contribution >= 0.6 is 22.7 Å². The van der Waals surface area contributed by atoms with Crippen molar-refractivity contribution in [2.45, 2.75) is 13.5 Å². The first kappa shape index (κ1) is 14.8. The lowest BCUT2D eigenvalue weighted by Crippen LogP contribution is -2.26. The maximum absolute atomic E-state index is 12.4. The summed E-state index contributed by atoms with van der Waals surface area (Å²) in [4.78, 5) is 29.3. The standard InChI is InChI=1S/C12H11N5O3S2/c1-6-5-21-12-13-3-7(10(19)17(6)12)9(18)14-11-16-15-8(22-11)4-20-2/h3,5H,4H2,1-2H3,(H,14,16,18). The highest BCUT2D eigenvalue weighted by Crippen LogP contribution is 2.16. The van der Waals surface area contributed by atoms with Crippen LogP contribution in [0.3, 0.4) is 0 Å². The molecule has 0 saturated carbocycles. The van der Waals surface area contributed by atoms with Crippen molar-refractivity contribution in [2.24, 2.45) is 0 Å². The van der Waals surface area contributed by atoms with Gasteiger partial charge in [0, 0.05) is 24.4 Å². The fraction of sp³-hybridized carbons (Fsp3) is 0.250. The van der Waals surface area contributed by atoms with Crippen LogP contribution in [-0.2, 0) is 11.3 Å². The van der Waals surface area contributed by atoms with Gasteiger partial charge in [0.25, 0.3) is 11.5 Å². The van der Waals surface area contributed by atoms with Crippen molar-refractivity contribution in [3.8, 4) is 0 Å². The van der Waals surface area contributed by atoms with E-state index in [1.165, 1.54) is 33.3 Å². The largest absolute Gasteiger partial charge is 0.377 e. The molecule has 3 aromatic rings. The molecule has 114 valence electrons. The second-order valence-corrected chi connectivity index (χ2v) is 6.26. The molecule has 0 fully saturated rings. The number of fused-ring (bicyclic) bond motifs is 1. The molecule has 3 aromatic heterocycles. The SMILES string of the molecule is COCc1nnc(NC(=O)c2cnc3scc(C)n3c2=O)s1. The Hall–Kier alpha value is -2.17. The van der Waals surface area contributed by atoms with Crippen LogP contribution in [0.25, 0.3) is 4.96 Å². The Morgan fingerprint density at radius 3 is 3.05 bits per heavy atom. The van der Waals surface area contributed by atoms with E-state index in [2.05, 4.69) is 20.5 Å². The number of amides is 1. The van der Waals surface area contributed by atoms with Gasteiger partial charge in [0.15, 0.2) is 4.96 Å². The van der Waals surface area contributed by atoms with Crippen molar-refractivity contribution < 1.29 is 9.53 Å². The summed E-state index contributed by atoms with van der Waals surface area (Å²) in [5.74, 6) is -0.558. The molecular weight excluding hydrogens is 326 g/mol. The lowest BCUT2D eigenvalue weighted by Gasteiger charge is -2.01. The molecule has 0 aromatic carbocycles. The molecule has 3 heterocycles.